The number of halogens is 1. The maximum absolute atomic E-state index is 12.0. The van der Waals surface area contributed by atoms with Crippen molar-refractivity contribution in [3.8, 4) is 0 Å². The monoisotopic (exact) mass is 187 g/mol. The molecule has 1 rings (SSSR count). The standard InChI is InChI=1S/C11H22FN/c1-2-11(13-9-8-12)10-6-4-3-5-7-10/h10-11,13H,2-9H2,1H3. The minimum Gasteiger partial charge on any atom is -0.311 e. The quantitative estimate of drug-likeness (QED) is 0.698. The zero-order valence-electron chi connectivity index (χ0n) is 8.69. The highest BCUT2D eigenvalue weighted by molar-refractivity contribution is 4.78. The van der Waals surface area contributed by atoms with E-state index in [1.807, 2.05) is 0 Å². The average Bonchev–Trinajstić information content (AvgIpc) is 2.21. The number of alkyl halides is 1. The van der Waals surface area contributed by atoms with E-state index in [0.717, 1.165) is 12.3 Å². The molecule has 0 amide bonds. The van der Waals surface area contributed by atoms with Crippen molar-refractivity contribution in [1.82, 2.24) is 5.32 Å². The van der Waals surface area contributed by atoms with Gasteiger partial charge in [0, 0.05) is 12.6 Å². The topological polar surface area (TPSA) is 12.0 Å². The van der Waals surface area contributed by atoms with Crippen LogP contribution in [0.3, 0.4) is 0 Å². The third-order valence-electron chi connectivity index (χ3n) is 3.16. The zero-order valence-corrected chi connectivity index (χ0v) is 8.69. The van der Waals surface area contributed by atoms with Crippen LogP contribution in [0.4, 0.5) is 4.39 Å². The van der Waals surface area contributed by atoms with Crippen molar-refractivity contribution in [2.75, 3.05) is 13.2 Å². The lowest BCUT2D eigenvalue weighted by Crippen LogP contribution is -2.37. The molecule has 1 aliphatic rings. The molecule has 78 valence electrons. The molecule has 0 aromatic heterocycles. The Kier molecular flexibility index (Phi) is 5.37. The molecular weight excluding hydrogens is 165 g/mol. The molecule has 1 atom stereocenters. The fourth-order valence-electron chi connectivity index (χ4n) is 2.42. The fraction of sp³-hybridized carbons (Fsp3) is 1.00. The van der Waals surface area contributed by atoms with Gasteiger partial charge in [0.1, 0.15) is 6.67 Å². The summed E-state index contributed by atoms with van der Waals surface area (Å²) in [5.74, 6) is 0.810. The first kappa shape index (κ1) is 11.0. The summed E-state index contributed by atoms with van der Waals surface area (Å²) in [5.41, 5.74) is 0. The smallest absolute Gasteiger partial charge is 0.102 e. The van der Waals surface area contributed by atoms with Gasteiger partial charge in [0.2, 0.25) is 0 Å². The summed E-state index contributed by atoms with van der Waals surface area (Å²) in [7, 11) is 0. The Labute approximate surface area is 81.1 Å². The number of nitrogens with one attached hydrogen (secondary N) is 1. The van der Waals surface area contributed by atoms with Crippen molar-refractivity contribution in [2.45, 2.75) is 51.5 Å². The normalized spacial score (nSPS) is 21.7. The van der Waals surface area contributed by atoms with Gasteiger partial charge >= 0.3 is 0 Å². The Morgan fingerprint density at radius 3 is 2.54 bits per heavy atom. The predicted octanol–water partition coefficient (Wildman–Crippen LogP) is 2.90. The van der Waals surface area contributed by atoms with E-state index in [4.69, 9.17) is 0 Å². The van der Waals surface area contributed by atoms with E-state index in [1.54, 1.807) is 0 Å². The molecule has 0 spiro atoms. The molecule has 13 heavy (non-hydrogen) atoms. The first-order chi connectivity index (χ1) is 6.38. The second kappa shape index (κ2) is 6.36. The molecule has 0 bridgehead atoms. The average molecular weight is 187 g/mol. The van der Waals surface area contributed by atoms with Crippen LogP contribution in [0.5, 0.6) is 0 Å². The van der Waals surface area contributed by atoms with Crippen LogP contribution in [0.2, 0.25) is 0 Å². The minimum atomic E-state index is -0.233. The van der Waals surface area contributed by atoms with Gasteiger partial charge in [-0.1, -0.05) is 26.2 Å². The van der Waals surface area contributed by atoms with Crippen LogP contribution in [0.1, 0.15) is 45.4 Å². The summed E-state index contributed by atoms with van der Waals surface area (Å²) in [6.45, 7) is 2.50. The molecule has 0 saturated heterocycles. The molecule has 1 N–H and O–H groups in total. The first-order valence-corrected chi connectivity index (χ1v) is 5.67. The van der Waals surface area contributed by atoms with Crippen molar-refractivity contribution < 1.29 is 4.39 Å². The van der Waals surface area contributed by atoms with Gasteiger partial charge in [-0.3, -0.25) is 0 Å². The summed E-state index contributed by atoms with van der Waals surface area (Å²) in [6.07, 6.45) is 7.98. The van der Waals surface area contributed by atoms with Crippen LogP contribution in [-0.2, 0) is 0 Å². The highest BCUT2D eigenvalue weighted by atomic mass is 19.1. The van der Waals surface area contributed by atoms with Crippen LogP contribution >= 0.6 is 0 Å². The second-order valence-electron chi connectivity index (χ2n) is 4.06. The summed E-state index contributed by atoms with van der Waals surface area (Å²) in [5, 5.41) is 3.31. The van der Waals surface area contributed by atoms with Crippen LogP contribution in [-0.4, -0.2) is 19.3 Å². The van der Waals surface area contributed by atoms with Crippen molar-refractivity contribution in [1.29, 1.82) is 0 Å². The molecule has 0 aromatic rings. The molecule has 0 aromatic carbocycles. The fourth-order valence-corrected chi connectivity index (χ4v) is 2.42. The lowest BCUT2D eigenvalue weighted by molar-refractivity contribution is 0.258. The number of hydrogen-bond donors (Lipinski definition) is 1. The lowest BCUT2D eigenvalue weighted by Gasteiger charge is -2.30. The van der Waals surface area contributed by atoms with Crippen LogP contribution in [0, 0.1) is 5.92 Å². The Morgan fingerprint density at radius 1 is 1.31 bits per heavy atom. The molecule has 1 fully saturated rings. The Bertz CT molecular complexity index is 121. The molecular formula is C11H22FN. The number of hydrogen-bond acceptors (Lipinski definition) is 1. The summed E-state index contributed by atoms with van der Waals surface area (Å²) in [4.78, 5) is 0. The van der Waals surface area contributed by atoms with Gasteiger partial charge in [0.25, 0.3) is 0 Å². The van der Waals surface area contributed by atoms with E-state index in [9.17, 15) is 4.39 Å². The van der Waals surface area contributed by atoms with Gasteiger partial charge in [-0.25, -0.2) is 4.39 Å². The second-order valence-corrected chi connectivity index (χ2v) is 4.06. The zero-order chi connectivity index (χ0) is 9.52. The van der Waals surface area contributed by atoms with Gasteiger partial charge in [-0.2, -0.15) is 0 Å². The third-order valence-corrected chi connectivity index (χ3v) is 3.16. The lowest BCUT2D eigenvalue weighted by atomic mass is 9.83. The highest BCUT2D eigenvalue weighted by Crippen LogP contribution is 2.27. The molecule has 0 aliphatic heterocycles. The van der Waals surface area contributed by atoms with Crippen molar-refractivity contribution in [3.63, 3.8) is 0 Å². The van der Waals surface area contributed by atoms with Gasteiger partial charge in [-0.05, 0) is 25.2 Å². The van der Waals surface area contributed by atoms with Gasteiger partial charge in [-0.15, -0.1) is 0 Å². The third kappa shape index (κ3) is 3.63. The largest absolute Gasteiger partial charge is 0.311 e. The van der Waals surface area contributed by atoms with Gasteiger partial charge in [0.15, 0.2) is 0 Å². The Hall–Kier alpha value is -0.110. The van der Waals surface area contributed by atoms with E-state index in [2.05, 4.69) is 12.2 Å². The summed E-state index contributed by atoms with van der Waals surface area (Å²) < 4.78 is 12.0. The molecule has 1 nitrogen and oxygen atoms in total. The molecule has 0 radical (unpaired) electrons. The van der Waals surface area contributed by atoms with Crippen LogP contribution < -0.4 is 5.32 Å². The van der Waals surface area contributed by atoms with E-state index >= 15 is 0 Å². The molecule has 2 heteroatoms. The minimum absolute atomic E-state index is 0.233. The van der Waals surface area contributed by atoms with Crippen LogP contribution in [0.15, 0.2) is 0 Å². The van der Waals surface area contributed by atoms with Crippen molar-refractivity contribution in [3.05, 3.63) is 0 Å². The van der Waals surface area contributed by atoms with Gasteiger partial charge < -0.3 is 5.32 Å². The summed E-state index contributed by atoms with van der Waals surface area (Å²) >= 11 is 0. The van der Waals surface area contributed by atoms with E-state index < -0.39 is 0 Å². The molecule has 1 aliphatic carbocycles. The molecule has 0 heterocycles. The van der Waals surface area contributed by atoms with E-state index in [-0.39, 0.29) is 6.67 Å². The number of rotatable bonds is 5. The SMILES string of the molecule is CCC(NCCF)C1CCCCC1. The predicted molar refractivity (Wildman–Crippen MR) is 54.6 cm³/mol. The van der Waals surface area contributed by atoms with Crippen molar-refractivity contribution >= 4 is 0 Å². The Morgan fingerprint density at radius 2 is 2.00 bits per heavy atom. The van der Waals surface area contributed by atoms with E-state index in [1.165, 1.54) is 32.1 Å². The molecule has 1 unspecified atom stereocenters. The maximum Gasteiger partial charge on any atom is 0.102 e. The van der Waals surface area contributed by atoms with Gasteiger partial charge in [0.05, 0.1) is 0 Å². The maximum atomic E-state index is 12.0. The van der Waals surface area contributed by atoms with Crippen molar-refractivity contribution in [2.24, 2.45) is 5.92 Å². The molecule has 1 saturated carbocycles. The Balaban J connectivity index is 2.26. The van der Waals surface area contributed by atoms with Crippen LogP contribution in [0.25, 0.3) is 0 Å². The first-order valence-electron chi connectivity index (χ1n) is 5.67. The summed E-state index contributed by atoms with van der Waals surface area (Å²) in [6, 6.07) is 0.566. The van der Waals surface area contributed by atoms with E-state index in [0.29, 0.717) is 12.6 Å². The highest BCUT2D eigenvalue weighted by Gasteiger charge is 2.21.